The number of benzene rings is 1. The molecule has 5 rings (SSSR count). The molecule has 2 atom stereocenters. The van der Waals surface area contributed by atoms with E-state index in [1.807, 2.05) is 12.3 Å². The van der Waals surface area contributed by atoms with Crippen LogP contribution in [0.2, 0.25) is 0 Å². The summed E-state index contributed by atoms with van der Waals surface area (Å²) in [5, 5.41) is 5.25. The normalized spacial score (nSPS) is 15.8. The van der Waals surface area contributed by atoms with Crippen molar-refractivity contribution in [1.29, 1.82) is 0 Å². The summed E-state index contributed by atoms with van der Waals surface area (Å²) in [7, 11) is 0. The lowest BCUT2D eigenvalue weighted by Crippen LogP contribution is -2.60. The highest BCUT2D eigenvalue weighted by atomic mass is 79.9. The molecule has 1 fully saturated rings. The minimum atomic E-state index is -1.03. The van der Waals surface area contributed by atoms with Gasteiger partial charge in [0.1, 0.15) is 23.9 Å². The third kappa shape index (κ3) is 9.85. The highest BCUT2D eigenvalue weighted by Crippen LogP contribution is 2.40. The molecule has 0 unspecified atom stereocenters. The van der Waals surface area contributed by atoms with Gasteiger partial charge in [0.25, 0.3) is 10.7 Å². The van der Waals surface area contributed by atoms with Crippen LogP contribution in [0, 0.1) is 12.3 Å². The molecule has 1 aromatic carbocycles. The average molecular weight is 794 g/mol. The molecule has 53 heavy (non-hydrogen) atoms. The first-order chi connectivity index (χ1) is 25.0. The van der Waals surface area contributed by atoms with Gasteiger partial charge in [0.15, 0.2) is 0 Å². The van der Waals surface area contributed by atoms with Crippen molar-refractivity contribution in [3.63, 3.8) is 0 Å². The number of ether oxygens (including phenoxy) is 2. The van der Waals surface area contributed by atoms with E-state index in [1.54, 1.807) is 20.8 Å². The van der Waals surface area contributed by atoms with Gasteiger partial charge in [-0.25, -0.2) is 15.2 Å². The molecular formula is C40H53BrN6O6. The quantitative estimate of drug-likeness (QED) is 0.139. The van der Waals surface area contributed by atoms with Gasteiger partial charge in [-0.15, -0.1) is 0 Å². The number of halogens is 1. The standard InChI is InChI=1S/C40H53BrN6O6/c1-10-46-32-16-15-25(4)19-28(32)29(34(46)27-13-11-17-42-33(27)24(2)3)21-40(8,9)23-52-36(49)30-14-12-18-47(45-30)35(48)31(20-26-22-51-37(41)43-26)44-38(50)53-39(5,6)7/h11,13,15-17,19,22,24,30-31,45H,10,12,14,18,20-21,23H2,1-9H3,(H,44,50)/t30-,31-/m0/s1. The van der Waals surface area contributed by atoms with Gasteiger partial charge in [0.05, 0.1) is 23.7 Å². The fourth-order valence-electron chi connectivity index (χ4n) is 6.87. The Morgan fingerprint density at radius 1 is 1.15 bits per heavy atom. The van der Waals surface area contributed by atoms with Gasteiger partial charge in [0, 0.05) is 63.5 Å². The van der Waals surface area contributed by atoms with E-state index >= 15 is 0 Å². The van der Waals surface area contributed by atoms with Crippen LogP contribution in [0.25, 0.3) is 22.2 Å². The maximum atomic E-state index is 13.8. The number of amides is 2. The van der Waals surface area contributed by atoms with E-state index in [1.165, 1.54) is 33.3 Å². The van der Waals surface area contributed by atoms with Gasteiger partial charge in [-0.2, -0.15) is 0 Å². The van der Waals surface area contributed by atoms with Crippen molar-refractivity contribution in [2.45, 2.75) is 118 Å². The molecule has 2 amide bonds. The maximum absolute atomic E-state index is 13.8. The lowest BCUT2D eigenvalue weighted by Gasteiger charge is -2.35. The van der Waals surface area contributed by atoms with E-state index < -0.39 is 41.1 Å². The second kappa shape index (κ2) is 16.4. The predicted octanol–water partition coefficient (Wildman–Crippen LogP) is 7.65. The second-order valence-electron chi connectivity index (χ2n) is 15.9. The van der Waals surface area contributed by atoms with E-state index in [0.717, 1.165) is 23.5 Å². The van der Waals surface area contributed by atoms with Crippen LogP contribution in [-0.4, -0.2) is 68.4 Å². The van der Waals surface area contributed by atoms with Crippen molar-refractivity contribution < 1.29 is 28.3 Å². The molecule has 0 radical (unpaired) electrons. The van der Waals surface area contributed by atoms with Crippen LogP contribution in [0.3, 0.4) is 0 Å². The number of nitrogens with zero attached hydrogens (tertiary/aromatic N) is 4. The second-order valence-corrected chi connectivity index (χ2v) is 16.6. The summed E-state index contributed by atoms with van der Waals surface area (Å²) in [4.78, 5) is 49.5. The summed E-state index contributed by atoms with van der Waals surface area (Å²) in [5.74, 6) is -0.631. The number of carbonyl (C=O) groups excluding carboxylic acids is 3. The minimum absolute atomic E-state index is 0.0579. The molecule has 4 heterocycles. The van der Waals surface area contributed by atoms with Crippen LogP contribution in [0.15, 0.2) is 52.0 Å². The molecule has 1 aliphatic heterocycles. The fourth-order valence-corrected chi connectivity index (χ4v) is 7.19. The number of aryl methyl sites for hydroxylation is 2. The summed E-state index contributed by atoms with van der Waals surface area (Å²) in [6, 6.07) is 8.98. The van der Waals surface area contributed by atoms with Gasteiger partial charge in [-0.1, -0.05) is 39.3 Å². The number of fused-ring (bicyclic) bond motifs is 1. The van der Waals surface area contributed by atoms with E-state index in [9.17, 15) is 14.4 Å². The first-order valence-corrected chi connectivity index (χ1v) is 19.2. The van der Waals surface area contributed by atoms with Gasteiger partial charge in [-0.3, -0.25) is 19.6 Å². The first-order valence-electron chi connectivity index (χ1n) is 18.4. The Morgan fingerprint density at radius 3 is 2.57 bits per heavy atom. The number of oxazole rings is 1. The number of nitrogens with one attached hydrogen (secondary N) is 2. The van der Waals surface area contributed by atoms with Crippen molar-refractivity contribution in [2.24, 2.45) is 5.41 Å². The highest BCUT2D eigenvalue weighted by Gasteiger charge is 2.36. The zero-order valence-corrected chi connectivity index (χ0v) is 33.9. The molecule has 13 heteroatoms. The smallest absolute Gasteiger partial charge is 0.408 e. The van der Waals surface area contributed by atoms with Gasteiger partial charge in [0.2, 0.25) is 0 Å². The van der Waals surface area contributed by atoms with Crippen LogP contribution in [0.5, 0.6) is 0 Å². The van der Waals surface area contributed by atoms with Crippen LogP contribution in [0.4, 0.5) is 4.79 Å². The van der Waals surface area contributed by atoms with Crippen LogP contribution in [-0.2, 0) is 38.4 Å². The number of rotatable bonds is 12. The Labute approximate surface area is 320 Å². The number of hydrogen-bond acceptors (Lipinski definition) is 9. The van der Waals surface area contributed by atoms with Crippen LogP contribution >= 0.6 is 15.9 Å². The van der Waals surface area contributed by atoms with Crippen molar-refractivity contribution in [1.82, 2.24) is 30.3 Å². The molecule has 12 nitrogen and oxygen atoms in total. The van der Waals surface area contributed by atoms with Crippen molar-refractivity contribution in [3.8, 4) is 11.3 Å². The molecular weight excluding hydrogens is 740 g/mol. The molecule has 2 N–H and O–H groups in total. The number of esters is 1. The summed E-state index contributed by atoms with van der Waals surface area (Å²) in [6.45, 7) is 19.4. The van der Waals surface area contributed by atoms with Crippen LogP contribution in [0.1, 0.15) is 96.7 Å². The molecule has 1 aliphatic rings. The first kappa shape index (κ1) is 40.0. The number of carbonyl (C=O) groups is 3. The molecule has 3 aromatic heterocycles. The molecule has 286 valence electrons. The molecule has 4 aromatic rings. The molecule has 0 saturated carbocycles. The summed E-state index contributed by atoms with van der Waals surface area (Å²) in [6.07, 6.45) is 4.31. The van der Waals surface area contributed by atoms with Crippen molar-refractivity contribution in [3.05, 3.63) is 70.1 Å². The zero-order valence-electron chi connectivity index (χ0n) is 32.3. The SMILES string of the molecule is CCn1c(-c2cccnc2C(C)C)c(CC(C)(C)COC(=O)[C@@H]2CCCN(C(=O)[C@H](Cc3coc(Br)n3)NC(=O)OC(C)(C)C)N2)c2cc(C)ccc21. The monoisotopic (exact) mass is 792 g/mol. The number of hydrazine groups is 1. The van der Waals surface area contributed by atoms with E-state index in [2.05, 4.69) is 102 Å². The van der Waals surface area contributed by atoms with E-state index in [-0.39, 0.29) is 23.7 Å². The number of pyridine rings is 1. The maximum Gasteiger partial charge on any atom is 0.408 e. The van der Waals surface area contributed by atoms with Crippen LogP contribution < -0.4 is 10.7 Å². The zero-order chi connectivity index (χ0) is 38.7. The third-order valence-corrected chi connectivity index (χ3v) is 9.57. The lowest BCUT2D eigenvalue weighted by molar-refractivity contribution is -0.155. The van der Waals surface area contributed by atoms with Gasteiger partial charge >= 0.3 is 12.1 Å². The third-order valence-electron chi connectivity index (χ3n) is 9.20. The predicted molar refractivity (Wildman–Crippen MR) is 207 cm³/mol. The Bertz CT molecular complexity index is 1940. The Hall–Kier alpha value is -4.23. The average Bonchev–Trinajstić information content (AvgIpc) is 3.64. The Kier molecular flexibility index (Phi) is 12.4. The minimum Gasteiger partial charge on any atom is -0.464 e. The summed E-state index contributed by atoms with van der Waals surface area (Å²) in [5.41, 5.74) is 9.22. The number of alkyl carbamates (subject to hydrolysis) is 1. The molecule has 0 aliphatic carbocycles. The number of hydrogen-bond donors (Lipinski definition) is 2. The van der Waals surface area contributed by atoms with E-state index in [4.69, 9.17) is 18.9 Å². The Balaban J connectivity index is 1.32. The van der Waals surface area contributed by atoms with E-state index in [0.29, 0.717) is 31.5 Å². The lowest BCUT2D eigenvalue weighted by atomic mass is 9.84. The Morgan fingerprint density at radius 2 is 1.91 bits per heavy atom. The summed E-state index contributed by atoms with van der Waals surface area (Å²) < 4.78 is 19.1. The largest absolute Gasteiger partial charge is 0.464 e. The molecule has 1 saturated heterocycles. The van der Waals surface area contributed by atoms with Crippen molar-refractivity contribution in [2.75, 3.05) is 13.2 Å². The van der Waals surface area contributed by atoms with Gasteiger partial charge < -0.3 is 23.8 Å². The van der Waals surface area contributed by atoms with Crippen molar-refractivity contribution >= 4 is 44.8 Å². The molecule has 0 bridgehead atoms. The van der Waals surface area contributed by atoms with Gasteiger partial charge in [-0.05, 0) is 89.6 Å². The fraction of sp³-hybridized carbons (Fsp3) is 0.525. The molecule has 0 spiro atoms. The number of aromatic nitrogens is 3. The summed E-state index contributed by atoms with van der Waals surface area (Å²) >= 11 is 3.18. The topological polar surface area (TPSA) is 141 Å². The highest BCUT2D eigenvalue weighted by molar-refractivity contribution is 9.10.